The molecule has 1 aromatic heterocycles. The third kappa shape index (κ3) is 3.26. The number of hydrogen-bond donors (Lipinski definition) is 1. The number of carbonyl (C=O) groups excluding carboxylic acids is 2. The second-order valence-corrected chi connectivity index (χ2v) is 7.84. The molecule has 0 bridgehead atoms. The molecule has 0 radical (unpaired) electrons. The molecule has 152 valence electrons. The van der Waals surface area contributed by atoms with E-state index in [1.807, 2.05) is 0 Å². The fourth-order valence-corrected chi connectivity index (χ4v) is 4.32. The minimum absolute atomic E-state index is 0.0765. The van der Waals surface area contributed by atoms with Crippen LogP contribution in [0.2, 0.25) is 5.02 Å². The summed E-state index contributed by atoms with van der Waals surface area (Å²) in [5.41, 5.74) is 0.660. The van der Waals surface area contributed by atoms with Crippen molar-refractivity contribution in [3.8, 4) is 5.75 Å². The van der Waals surface area contributed by atoms with Gasteiger partial charge >= 0.3 is 0 Å². The largest absolute Gasteiger partial charge is 0.503 e. The Morgan fingerprint density at radius 1 is 1.20 bits per heavy atom. The Balaban J connectivity index is 1.93. The smallest absolute Gasteiger partial charge is 0.294 e. The lowest BCUT2D eigenvalue weighted by Gasteiger charge is -2.28. The lowest BCUT2D eigenvalue weighted by molar-refractivity contribution is -0.117. The summed E-state index contributed by atoms with van der Waals surface area (Å²) >= 11 is 7.13. The van der Waals surface area contributed by atoms with Crippen LogP contribution >= 0.6 is 22.9 Å². The molecule has 1 unspecified atom stereocenters. The SMILES string of the molecule is COc1ccccc1C1C(C(=O)c2cccs2)=C(O)C(=O)N1c1ccc(F)c(Cl)c1. The van der Waals surface area contributed by atoms with Gasteiger partial charge in [0.15, 0.2) is 5.76 Å². The van der Waals surface area contributed by atoms with Gasteiger partial charge in [-0.3, -0.25) is 14.5 Å². The number of rotatable bonds is 5. The molecule has 0 spiro atoms. The molecular weight excluding hydrogens is 429 g/mol. The number of benzene rings is 2. The van der Waals surface area contributed by atoms with Crippen LogP contribution in [-0.4, -0.2) is 23.9 Å². The molecule has 0 saturated carbocycles. The standard InChI is InChI=1S/C22H15ClFNO4S/c1-29-16-6-3-2-5-13(16)19-18(20(26)17-7-4-10-30-17)21(27)22(28)25(19)12-8-9-15(24)14(23)11-12/h2-11,19,27H,1H3. The number of halogens is 2. The molecule has 3 aromatic rings. The third-order valence-electron chi connectivity index (χ3n) is 4.81. The van der Waals surface area contributed by atoms with Crippen molar-refractivity contribution >= 4 is 40.3 Å². The first-order valence-electron chi connectivity index (χ1n) is 8.87. The summed E-state index contributed by atoms with van der Waals surface area (Å²) in [5.74, 6) is -2.13. The Kier molecular flexibility index (Phi) is 5.32. The fraction of sp³-hybridized carbons (Fsp3) is 0.0909. The lowest BCUT2D eigenvalue weighted by atomic mass is 9.94. The molecule has 2 aromatic carbocycles. The maximum atomic E-state index is 13.7. The fourth-order valence-electron chi connectivity index (χ4n) is 3.47. The Bertz CT molecular complexity index is 1180. The molecule has 1 atom stereocenters. The van der Waals surface area contributed by atoms with Crippen molar-refractivity contribution in [2.24, 2.45) is 0 Å². The van der Waals surface area contributed by atoms with Gasteiger partial charge in [-0.05, 0) is 35.7 Å². The summed E-state index contributed by atoms with van der Waals surface area (Å²) < 4.78 is 19.2. The summed E-state index contributed by atoms with van der Waals surface area (Å²) in [6.07, 6.45) is 0. The van der Waals surface area contributed by atoms with Crippen LogP contribution in [0.1, 0.15) is 21.3 Å². The van der Waals surface area contributed by atoms with E-state index in [4.69, 9.17) is 16.3 Å². The van der Waals surface area contributed by atoms with Crippen LogP contribution in [0.15, 0.2) is 71.3 Å². The first kappa shape index (κ1) is 20.1. The van der Waals surface area contributed by atoms with E-state index in [0.717, 1.165) is 6.07 Å². The van der Waals surface area contributed by atoms with E-state index in [9.17, 15) is 19.1 Å². The molecule has 0 fully saturated rings. The zero-order valence-corrected chi connectivity index (χ0v) is 17.2. The molecule has 30 heavy (non-hydrogen) atoms. The van der Waals surface area contributed by atoms with E-state index in [1.165, 1.54) is 35.5 Å². The number of Topliss-reactive ketones (excluding diaryl/α,β-unsaturated/α-hetero) is 1. The minimum Gasteiger partial charge on any atom is -0.503 e. The van der Waals surface area contributed by atoms with Gasteiger partial charge in [0, 0.05) is 11.3 Å². The number of amides is 1. The number of carbonyl (C=O) groups is 2. The number of ketones is 1. The topological polar surface area (TPSA) is 66.8 Å². The monoisotopic (exact) mass is 443 g/mol. The number of ether oxygens (including phenoxy) is 1. The summed E-state index contributed by atoms with van der Waals surface area (Å²) in [6, 6.07) is 13.0. The summed E-state index contributed by atoms with van der Waals surface area (Å²) in [6.45, 7) is 0. The highest BCUT2D eigenvalue weighted by atomic mass is 35.5. The van der Waals surface area contributed by atoms with Crippen LogP contribution in [0, 0.1) is 5.82 Å². The zero-order valence-electron chi connectivity index (χ0n) is 15.6. The number of anilines is 1. The Morgan fingerprint density at radius 3 is 2.63 bits per heavy atom. The Labute approximate surface area is 180 Å². The molecule has 1 aliphatic rings. The maximum Gasteiger partial charge on any atom is 0.294 e. The molecule has 1 amide bonds. The molecule has 1 N–H and O–H groups in total. The van der Waals surface area contributed by atoms with Crippen LogP contribution in [0.25, 0.3) is 0 Å². The molecule has 8 heteroatoms. The number of para-hydroxylation sites is 1. The number of aliphatic hydroxyl groups excluding tert-OH is 1. The lowest BCUT2D eigenvalue weighted by Crippen LogP contribution is -2.31. The average molecular weight is 444 g/mol. The highest BCUT2D eigenvalue weighted by molar-refractivity contribution is 7.12. The summed E-state index contributed by atoms with van der Waals surface area (Å²) in [7, 11) is 1.47. The van der Waals surface area contributed by atoms with Gasteiger partial charge in [0.25, 0.3) is 5.91 Å². The van der Waals surface area contributed by atoms with E-state index < -0.39 is 29.3 Å². The molecular formula is C22H15ClFNO4S. The van der Waals surface area contributed by atoms with Crippen LogP contribution in [0.4, 0.5) is 10.1 Å². The van der Waals surface area contributed by atoms with E-state index >= 15 is 0 Å². The van der Waals surface area contributed by atoms with Crippen LogP contribution in [0.5, 0.6) is 5.75 Å². The molecule has 2 heterocycles. The second kappa shape index (κ2) is 7.93. The molecule has 5 nitrogen and oxygen atoms in total. The quantitative estimate of drug-likeness (QED) is 0.541. The summed E-state index contributed by atoms with van der Waals surface area (Å²) in [4.78, 5) is 27.9. The van der Waals surface area contributed by atoms with Crippen molar-refractivity contribution in [2.45, 2.75) is 6.04 Å². The van der Waals surface area contributed by atoms with Gasteiger partial charge in [-0.25, -0.2) is 4.39 Å². The van der Waals surface area contributed by atoms with Crippen molar-refractivity contribution in [1.29, 1.82) is 0 Å². The van der Waals surface area contributed by atoms with Crippen molar-refractivity contribution in [1.82, 2.24) is 0 Å². The van der Waals surface area contributed by atoms with Gasteiger partial charge in [0.05, 0.1) is 28.6 Å². The number of thiophene rings is 1. The van der Waals surface area contributed by atoms with E-state index in [0.29, 0.717) is 16.2 Å². The van der Waals surface area contributed by atoms with E-state index in [1.54, 1.807) is 41.8 Å². The first-order valence-corrected chi connectivity index (χ1v) is 10.1. The van der Waals surface area contributed by atoms with Crippen LogP contribution < -0.4 is 9.64 Å². The predicted octanol–water partition coefficient (Wildman–Crippen LogP) is 5.33. The van der Waals surface area contributed by atoms with Gasteiger partial charge in [0.2, 0.25) is 5.78 Å². The van der Waals surface area contributed by atoms with Crippen LogP contribution in [0.3, 0.4) is 0 Å². The van der Waals surface area contributed by atoms with E-state index in [2.05, 4.69) is 0 Å². The molecule has 0 aliphatic carbocycles. The number of nitrogens with zero attached hydrogens (tertiary/aromatic N) is 1. The molecule has 1 aliphatic heterocycles. The number of methoxy groups -OCH3 is 1. The van der Waals surface area contributed by atoms with Gasteiger partial charge in [-0.2, -0.15) is 0 Å². The zero-order chi connectivity index (χ0) is 21.4. The van der Waals surface area contributed by atoms with Crippen LogP contribution in [-0.2, 0) is 4.79 Å². The second-order valence-electron chi connectivity index (χ2n) is 6.49. The van der Waals surface area contributed by atoms with Gasteiger partial charge in [-0.15, -0.1) is 11.3 Å². The van der Waals surface area contributed by atoms with Crippen molar-refractivity contribution in [3.05, 3.63) is 92.6 Å². The first-order chi connectivity index (χ1) is 14.4. The molecule has 0 saturated heterocycles. The van der Waals surface area contributed by atoms with Crippen molar-refractivity contribution < 1.29 is 23.8 Å². The normalized spacial score (nSPS) is 16.3. The summed E-state index contributed by atoms with van der Waals surface area (Å²) in [5, 5.41) is 12.3. The van der Waals surface area contributed by atoms with E-state index in [-0.39, 0.29) is 16.3 Å². The van der Waals surface area contributed by atoms with Gasteiger partial charge < -0.3 is 9.84 Å². The highest BCUT2D eigenvalue weighted by Crippen LogP contribution is 2.45. The maximum absolute atomic E-state index is 13.7. The van der Waals surface area contributed by atoms with Gasteiger partial charge in [0.1, 0.15) is 11.6 Å². The minimum atomic E-state index is -0.982. The average Bonchev–Trinajstić information content (AvgIpc) is 3.37. The third-order valence-corrected chi connectivity index (χ3v) is 5.97. The van der Waals surface area contributed by atoms with Gasteiger partial charge in [-0.1, -0.05) is 35.9 Å². The highest BCUT2D eigenvalue weighted by Gasteiger charge is 2.46. The predicted molar refractivity (Wildman–Crippen MR) is 113 cm³/mol. The Hall–Kier alpha value is -3.16. The number of aliphatic hydroxyl groups is 1. The van der Waals surface area contributed by atoms with Crippen molar-refractivity contribution in [2.75, 3.05) is 12.0 Å². The van der Waals surface area contributed by atoms with Crippen molar-refractivity contribution in [3.63, 3.8) is 0 Å². The molecule has 4 rings (SSSR count). The number of hydrogen-bond acceptors (Lipinski definition) is 5. The Morgan fingerprint density at radius 2 is 1.97 bits per heavy atom.